The van der Waals surface area contributed by atoms with E-state index in [1.54, 1.807) is 13.0 Å². The van der Waals surface area contributed by atoms with Crippen LogP contribution in [-0.2, 0) is 0 Å². The molecule has 1 heterocycles. The van der Waals surface area contributed by atoms with Crippen LogP contribution in [0.4, 0.5) is 0 Å². The van der Waals surface area contributed by atoms with E-state index in [1.165, 1.54) is 0 Å². The highest BCUT2D eigenvalue weighted by molar-refractivity contribution is 5.92. The highest BCUT2D eigenvalue weighted by atomic mass is 35.5. The van der Waals surface area contributed by atoms with Crippen molar-refractivity contribution in [1.29, 1.82) is 5.41 Å². The van der Waals surface area contributed by atoms with E-state index in [-0.39, 0.29) is 18.2 Å². The summed E-state index contributed by atoms with van der Waals surface area (Å²) in [5.74, 6) is 0.604. The fourth-order valence-electron chi connectivity index (χ4n) is 0.493. The molecule has 0 aliphatic heterocycles. The molecule has 0 spiro atoms. The van der Waals surface area contributed by atoms with Crippen molar-refractivity contribution in [3.8, 4) is 0 Å². The van der Waals surface area contributed by atoms with Gasteiger partial charge in [-0.3, -0.25) is 5.41 Å². The third-order valence-corrected chi connectivity index (χ3v) is 0.904. The van der Waals surface area contributed by atoms with E-state index in [0.717, 1.165) is 0 Å². The smallest absolute Gasteiger partial charge is 0.148 e. The summed E-state index contributed by atoms with van der Waals surface area (Å²) in [6.07, 6.45) is 0. The van der Waals surface area contributed by atoms with Gasteiger partial charge in [-0.25, -0.2) is 0 Å². The lowest BCUT2D eigenvalue weighted by Gasteiger charge is -1.82. The van der Waals surface area contributed by atoms with Crippen LogP contribution in [0, 0.1) is 12.3 Å². The van der Waals surface area contributed by atoms with Gasteiger partial charge in [0.2, 0.25) is 0 Å². The van der Waals surface area contributed by atoms with Gasteiger partial charge in [-0.1, -0.05) is 5.16 Å². The lowest BCUT2D eigenvalue weighted by atomic mass is 10.4. The van der Waals surface area contributed by atoms with Gasteiger partial charge in [0.15, 0.2) is 0 Å². The molecule has 0 bridgehead atoms. The van der Waals surface area contributed by atoms with Crippen molar-refractivity contribution in [1.82, 2.24) is 5.16 Å². The molecule has 1 rings (SSSR count). The Labute approximate surface area is 64.3 Å². The van der Waals surface area contributed by atoms with Crippen LogP contribution in [0.15, 0.2) is 10.6 Å². The second-order valence-corrected chi connectivity index (χ2v) is 1.74. The maximum Gasteiger partial charge on any atom is 0.148 e. The van der Waals surface area contributed by atoms with E-state index in [9.17, 15) is 0 Å². The normalized spacial score (nSPS) is 8.50. The Morgan fingerprint density at radius 1 is 1.80 bits per heavy atom. The van der Waals surface area contributed by atoms with Crippen LogP contribution >= 0.6 is 12.4 Å². The van der Waals surface area contributed by atoms with Gasteiger partial charge in [-0.05, 0) is 6.92 Å². The summed E-state index contributed by atoms with van der Waals surface area (Å²) in [6.45, 7) is 1.75. The van der Waals surface area contributed by atoms with E-state index >= 15 is 0 Å². The van der Waals surface area contributed by atoms with Crippen molar-refractivity contribution in [2.45, 2.75) is 6.92 Å². The Morgan fingerprint density at radius 2 is 2.40 bits per heavy atom. The zero-order valence-corrected chi connectivity index (χ0v) is 6.23. The number of amidine groups is 1. The van der Waals surface area contributed by atoms with Crippen LogP contribution in [0.25, 0.3) is 0 Å². The van der Waals surface area contributed by atoms with Crippen LogP contribution in [0.3, 0.4) is 0 Å². The summed E-state index contributed by atoms with van der Waals surface area (Å²) in [6, 6.07) is 1.61. The zero-order valence-electron chi connectivity index (χ0n) is 5.42. The Hall–Kier alpha value is -1.03. The lowest BCUT2D eigenvalue weighted by Crippen LogP contribution is -2.10. The predicted octanol–water partition coefficient (Wildman–Crippen LogP) is 0.689. The maximum atomic E-state index is 6.90. The van der Waals surface area contributed by atoms with E-state index in [1.807, 2.05) is 0 Å². The van der Waals surface area contributed by atoms with Gasteiger partial charge in [0.1, 0.15) is 17.3 Å². The van der Waals surface area contributed by atoms with Crippen molar-refractivity contribution in [2.24, 2.45) is 5.73 Å². The molecule has 1 aromatic rings. The molecule has 0 unspecified atom stereocenters. The van der Waals surface area contributed by atoms with E-state index < -0.39 is 0 Å². The third kappa shape index (κ3) is 1.73. The summed E-state index contributed by atoms with van der Waals surface area (Å²) in [5, 5.41) is 10.4. The molecule has 0 aliphatic carbocycles. The first-order chi connectivity index (χ1) is 4.20. The fraction of sp³-hybridized carbons (Fsp3) is 0.200. The Bertz CT molecular complexity index is 233. The molecule has 3 N–H and O–H groups in total. The number of halogens is 1. The Balaban J connectivity index is 0.000000810. The topological polar surface area (TPSA) is 75.9 Å². The Morgan fingerprint density at radius 3 is 2.60 bits per heavy atom. The molecule has 5 heteroatoms. The van der Waals surface area contributed by atoms with Gasteiger partial charge < -0.3 is 10.3 Å². The fourth-order valence-corrected chi connectivity index (χ4v) is 0.493. The van der Waals surface area contributed by atoms with Crippen molar-refractivity contribution in [3.05, 3.63) is 17.5 Å². The molecule has 0 aliphatic rings. The second kappa shape index (κ2) is 3.22. The average Bonchev–Trinajstić information content (AvgIpc) is 2.14. The SMILES string of the molecule is Cc1cc(C(=N)N)no1.Cl. The molecule has 0 fully saturated rings. The first kappa shape index (κ1) is 8.97. The minimum Gasteiger partial charge on any atom is -0.382 e. The molecule has 4 nitrogen and oxygen atoms in total. The van der Waals surface area contributed by atoms with Gasteiger partial charge in [-0.2, -0.15) is 0 Å². The molecule has 0 saturated carbocycles. The lowest BCUT2D eigenvalue weighted by molar-refractivity contribution is 0.396. The predicted molar refractivity (Wildman–Crippen MR) is 39.5 cm³/mol. The standard InChI is InChI=1S/C5H7N3O.ClH/c1-3-2-4(5(6)7)8-9-3;/h2H,1H3,(H3,6,7);1H. The number of hydrogen-bond acceptors (Lipinski definition) is 3. The number of nitrogens with zero attached hydrogens (tertiary/aromatic N) is 1. The number of nitrogen functional groups attached to an aromatic ring is 1. The van der Waals surface area contributed by atoms with Gasteiger partial charge in [0, 0.05) is 6.07 Å². The second-order valence-electron chi connectivity index (χ2n) is 1.74. The van der Waals surface area contributed by atoms with Gasteiger partial charge in [-0.15, -0.1) is 12.4 Å². The van der Waals surface area contributed by atoms with Crippen molar-refractivity contribution >= 4 is 18.2 Å². The van der Waals surface area contributed by atoms with E-state index in [0.29, 0.717) is 11.5 Å². The highest BCUT2D eigenvalue weighted by Gasteiger charge is 2.00. The van der Waals surface area contributed by atoms with E-state index in [2.05, 4.69) is 9.68 Å². The molecule has 56 valence electrons. The van der Waals surface area contributed by atoms with Gasteiger partial charge >= 0.3 is 0 Å². The van der Waals surface area contributed by atoms with Crippen molar-refractivity contribution in [2.75, 3.05) is 0 Å². The van der Waals surface area contributed by atoms with Crippen molar-refractivity contribution < 1.29 is 4.52 Å². The molecule has 0 amide bonds. The molecule has 0 radical (unpaired) electrons. The molecule has 1 aromatic heterocycles. The summed E-state index contributed by atoms with van der Waals surface area (Å²) in [7, 11) is 0. The molecule has 0 aromatic carbocycles. The number of nitrogens with one attached hydrogen (secondary N) is 1. The number of rotatable bonds is 1. The van der Waals surface area contributed by atoms with Crippen LogP contribution in [-0.4, -0.2) is 11.0 Å². The quantitative estimate of drug-likeness (QED) is 0.470. The summed E-state index contributed by atoms with van der Waals surface area (Å²) in [5.41, 5.74) is 5.48. The van der Waals surface area contributed by atoms with Crippen LogP contribution in [0.5, 0.6) is 0 Å². The molecular weight excluding hydrogens is 154 g/mol. The largest absolute Gasteiger partial charge is 0.382 e. The van der Waals surface area contributed by atoms with Crippen LogP contribution < -0.4 is 5.73 Å². The zero-order chi connectivity index (χ0) is 6.85. The minimum absolute atomic E-state index is 0. The summed E-state index contributed by atoms with van der Waals surface area (Å²) in [4.78, 5) is 0. The average molecular weight is 162 g/mol. The van der Waals surface area contributed by atoms with Crippen molar-refractivity contribution in [3.63, 3.8) is 0 Å². The van der Waals surface area contributed by atoms with Crippen LogP contribution in [0.2, 0.25) is 0 Å². The van der Waals surface area contributed by atoms with Gasteiger partial charge in [0.25, 0.3) is 0 Å². The third-order valence-electron chi connectivity index (χ3n) is 0.904. The highest BCUT2D eigenvalue weighted by Crippen LogP contribution is 1.98. The number of aromatic nitrogens is 1. The maximum absolute atomic E-state index is 6.90. The number of nitrogens with two attached hydrogens (primary N) is 1. The van der Waals surface area contributed by atoms with E-state index in [4.69, 9.17) is 11.1 Å². The number of aryl methyl sites for hydroxylation is 1. The summed E-state index contributed by atoms with van der Waals surface area (Å²) >= 11 is 0. The molecule has 0 atom stereocenters. The summed E-state index contributed by atoms with van der Waals surface area (Å²) < 4.78 is 4.65. The first-order valence-corrected chi connectivity index (χ1v) is 2.48. The minimum atomic E-state index is -0.0631. The molecule has 10 heavy (non-hydrogen) atoms. The Kier molecular flexibility index (Phi) is 2.89. The first-order valence-electron chi connectivity index (χ1n) is 2.48. The van der Waals surface area contributed by atoms with Crippen LogP contribution in [0.1, 0.15) is 11.5 Å². The van der Waals surface area contributed by atoms with Gasteiger partial charge in [0.05, 0.1) is 0 Å². The molecular formula is C5H8ClN3O. The molecule has 0 saturated heterocycles. The monoisotopic (exact) mass is 161 g/mol. The number of hydrogen-bond donors (Lipinski definition) is 2.